The molecule has 0 aromatic carbocycles. The lowest BCUT2D eigenvalue weighted by atomic mass is 10.4. The molecule has 0 fully saturated rings. The predicted molar refractivity (Wildman–Crippen MR) is 39.7 cm³/mol. The molecule has 1 amide bonds. The maximum Gasteiger partial charge on any atom is 0.439 e. The molecule has 6 nitrogen and oxygen atoms in total. The molecule has 0 radical (unpaired) electrons. The van der Waals surface area contributed by atoms with E-state index in [0.29, 0.717) is 0 Å². The molecular formula is C6H9N3O3. The first-order chi connectivity index (χ1) is 5.59. The SMILES string of the molecule is CC(C)NC(=O)c1noc(=O)[nH]1. The molecule has 0 atom stereocenters. The molecule has 1 aromatic heterocycles. The van der Waals surface area contributed by atoms with Gasteiger partial charge in [0, 0.05) is 6.04 Å². The van der Waals surface area contributed by atoms with Gasteiger partial charge in [0.25, 0.3) is 5.91 Å². The Morgan fingerprint density at radius 1 is 1.67 bits per heavy atom. The fraction of sp³-hybridized carbons (Fsp3) is 0.500. The van der Waals surface area contributed by atoms with Crippen molar-refractivity contribution in [2.75, 3.05) is 0 Å². The third-order valence-corrected chi connectivity index (χ3v) is 1.08. The van der Waals surface area contributed by atoms with Crippen molar-refractivity contribution in [3.05, 3.63) is 16.4 Å². The molecule has 0 aliphatic rings. The third kappa shape index (κ3) is 1.94. The van der Waals surface area contributed by atoms with Crippen molar-refractivity contribution in [1.82, 2.24) is 15.5 Å². The molecule has 1 rings (SSSR count). The Hall–Kier alpha value is -1.59. The predicted octanol–water partition coefficient (Wildman–Crippen LogP) is -0.499. The van der Waals surface area contributed by atoms with Crippen LogP contribution in [-0.2, 0) is 0 Å². The van der Waals surface area contributed by atoms with Gasteiger partial charge in [-0.1, -0.05) is 0 Å². The van der Waals surface area contributed by atoms with Crippen molar-refractivity contribution in [1.29, 1.82) is 0 Å². The number of nitrogens with zero attached hydrogens (tertiary/aromatic N) is 1. The number of H-pyrrole nitrogens is 1. The molecule has 0 bridgehead atoms. The number of aromatic amines is 1. The van der Waals surface area contributed by atoms with E-state index in [-0.39, 0.29) is 11.9 Å². The number of hydrogen-bond donors (Lipinski definition) is 2. The Morgan fingerprint density at radius 2 is 2.33 bits per heavy atom. The molecule has 0 spiro atoms. The van der Waals surface area contributed by atoms with Gasteiger partial charge in [-0.25, -0.2) is 4.79 Å². The van der Waals surface area contributed by atoms with Crippen LogP contribution in [0.2, 0.25) is 0 Å². The van der Waals surface area contributed by atoms with Crippen molar-refractivity contribution in [2.24, 2.45) is 0 Å². The van der Waals surface area contributed by atoms with Crippen LogP contribution in [0.25, 0.3) is 0 Å². The summed E-state index contributed by atoms with van der Waals surface area (Å²) in [6, 6.07) is -0.00213. The van der Waals surface area contributed by atoms with Gasteiger partial charge in [-0.2, -0.15) is 0 Å². The molecule has 0 aliphatic carbocycles. The van der Waals surface area contributed by atoms with Crippen LogP contribution in [0.5, 0.6) is 0 Å². The molecule has 0 saturated heterocycles. The minimum atomic E-state index is -0.732. The van der Waals surface area contributed by atoms with E-state index in [4.69, 9.17) is 0 Å². The lowest BCUT2D eigenvalue weighted by Crippen LogP contribution is -2.31. The molecule has 6 heteroatoms. The minimum Gasteiger partial charge on any atom is -0.347 e. The van der Waals surface area contributed by atoms with Gasteiger partial charge in [0.15, 0.2) is 0 Å². The largest absolute Gasteiger partial charge is 0.439 e. The summed E-state index contributed by atoms with van der Waals surface area (Å²) in [6.07, 6.45) is 0. The van der Waals surface area contributed by atoms with Gasteiger partial charge in [-0.15, -0.1) is 0 Å². The summed E-state index contributed by atoms with van der Waals surface area (Å²) in [7, 11) is 0. The molecule has 12 heavy (non-hydrogen) atoms. The number of aromatic nitrogens is 2. The van der Waals surface area contributed by atoms with Gasteiger partial charge >= 0.3 is 5.76 Å². The van der Waals surface area contributed by atoms with Crippen LogP contribution in [0.4, 0.5) is 0 Å². The van der Waals surface area contributed by atoms with Crippen LogP contribution < -0.4 is 11.1 Å². The first-order valence-electron chi connectivity index (χ1n) is 3.46. The Bertz CT molecular complexity index is 325. The standard InChI is InChI=1S/C6H9N3O3/c1-3(2)7-5(10)4-8-6(11)12-9-4/h3H,1-2H3,(H,7,10)(H,8,9,11). The zero-order chi connectivity index (χ0) is 9.14. The molecule has 1 aromatic rings. The molecule has 66 valence electrons. The number of nitrogens with one attached hydrogen (secondary N) is 2. The summed E-state index contributed by atoms with van der Waals surface area (Å²) in [5, 5.41) is 5.75. The molecule has 0 unspecified atom stereocenters. The first kappa shape index (κ1) is 8.51. The average Bonchev–Trinajstić information content (AvgIpc) is 2.34. The molecule has 1 heterocycles. The Labute approximate surface area is 67.9 Å². The maximum absolute atomic E-state index is 11.1. The van der Waals surface area contributed by atoms with Gasteiger partial charge in [-0.05, 0) is 19.0 Å². The summed E-state index contributed by atoms with van der Waals surface area (Å²) in [4.78, 5) is 23.6. The number of rotatable bonds is 2. The van der Waals surface area contributed by atoms with Crippen molar-refractivity contribution >= 4 is 5.91 Å². The fourth-order valence-electron chi connectivity index (χ4n) is 0.658. The fourth-order valence-corrected chi connectivity index (χ4v) is 0.658. The highest BCUT2D eigenvalue weighted by molar-refractivity contribution is 5.90. The van der Waals surface area contributed by atoms with E-state index in [1.807, 2.05) is 0 Å². The highest BCUT2D eigenvalue weighted by Gasteiger charge is 2.11. The maximum atomic E-state index is 11.1. The van der Waals surface area contributed by atoms with E-state index in [9.17, 15) is 9.59 Å². The van der Waals surface area contributed by atoms with E-state index >= 15 is 0 Å². The zero-order valence-corrected chi connectivity index (χ0v) is 6.75. The molecule has 2 N–H and O–H groups in total. The number of carbonyl (C=O) groups is 1. The highest BCUT2D eigenvalue weighted by atomic mass is 16.5. The first-order valence-corrected chi connectivity index (χ1v) is 3.46. The summed E-state index contributed by atoms with van der Waals surface area (Å²) in [5.41, 5.74) is 0. The van der Waals surface area contributed by atoms with Crippen LogP contribution >= 0.6 is 0 Å². The monoisotopic (exact) mass is 171 g/mol. The van der Waals surface area contributed by atoms with Crippen molar-refractivity contribution < 1.29 is 9.32 Å². The zero-order valence-electron chi connectivity index (χ0n) is 6.75. The number of carbonyl (C=O) groups excluding carboxylic acids is 1. The third-order valence-electron chi connectivity index (χ3n) is 1.08. The van der Waals surface area contributed by atoms with E-state index in [1.165, 1.54) is 0 Å². The summed E-state index contributed by atoms with van der Waals surface area (Å²) >= 11 is 0. The number of amides is 1. The smallest absolute Gasteiger partial charge is 0.347 e. The normalized spacial score (nSPS) is 10.2. The Morgan fingerprint density at radius 3 is 2.75 bits per heavy atom. The summed E-state index contributed by atoms with van der Waals surface area (Å²) in [6.45, 7) is 3.60. The van der Waals surface area contributed by atoms with Crippen LogP contribution in [0.3, 0.4) is 0 Å². The van der Waals surface area contributed by atoms with Crippen LogP contribution in [-0.4, -0.2) is 22.1 Å². The van der Waals surface area contributed by atoms with Crippen molar-refractivity contribution in [3.8, 4) is 0 Å². The topological polar surface area (TPSA) is 88.0 Å². The quantitative estimate of drug-likeness (QED) is 0.627. The van der Waals surface area contributed by atoms with Gasteiger partial charge in [0.05, 0.1) is 0 Å². The minimum absolute atomic E-state index is 0.00213. The number of hydrogen-bond acceptors (Lipinski definition) is 4. The Balaban J connectivity index is 2.72. The van der Waals surface area contributed by atoms with Crippen molar-refractivity contribution in [3.63, 3.8) is 0 Å². The van der Waals surface area contributed by atoms with Crippen LogP contribution in [0.15, 0.2) is 9.32 Å². The van der Waals surface area contributed by atoms with Gasteiger partial charge in [0.2, 0.25) is 5.82 Å². The van der Waals surface area contributed by atoms with Crippen LogP contribution in [0, 0.1) is 0 Å². The molecule has 0 saturated carbocycles. The summed E-state index contributed by atoms with van der Waals surface area (Å²) < 4.78 is 4.15. The average molecular weight is 171 g/mol. The van der Waals surface area contributed by atoms with E-state index in [2.05, 4.69) is 20.0 Å². The van der Waals surface area contributed by atoms with Gasteiger partial charge in [-0.3, -0.25) is 14.3 Å². The van der Waals surface area contributed by atoms with E-state index in [1.54, 1.807) is 13.8 Å². The second kappa shape index (κ2) is 3.21. The lowest BCUT2D eigenvalue weighted by molar-refractivity contribution is 0.0929. The summed E-state index contributed by atoms with van der Waals surface area (Å²) in [5.74, 6) is -1.28. The highest BCUT2D eigenvalue weighted by Crippen LogP contribution is 1.86. The second-order valence-electron chi connectivity index (χ2n) is 2.57. The second-order valence-corrected chi connectivity index (χ2v) is 2.57. The van der Waals surface area contributed by atoms with E-state index < -0.39 is 11.7 Å². The Kier molecular flexibility index (Phi) is 2.27. The van der Waals surface area contributed by atoms with Crippen LogP contribution in [0.1, 0.15) is 24.5 Å². The molecule has 0 aliphatic heterocycles. The van der Waals surface area contributed by atoms with E-state index in [0.717, 1.165) is 0 Å². The van der Waals surface area contributed by atoms with Gasteiger partial charge in [0.1, 0.15) is 0 Å². The molecular weight excluding hydrogens is 162 g/mol. The lowest BCUT2D eigenvalue weighted by Gasteiger charge is -2.03. The van der Waals surface area contributed by atoms with Crippen molar-refractivity contribution in [2.45, 2.75) is 19.9 Å². The van der Waals surface area contributed by atoms with Gasteiger partial charge < -0.3 is 5.32 Å².